The van der Waals surface area contributed by atoms with E-state index in [1.165, 1.54) is 12.0 Å². The number of rotatable bonds is 9. The van der Waals surface area contributed by atoms with Crippen molar-refractivity contribution < 1.29 is 13.9 Å². The van der Waals surface area contributed by atoms with Gasteiger partial charge < -0.3 is 10.1 Å². The number of benzene rings is 1. The summed E-state index contributed by atoms with van der Waals surface area (Å²) in [6.07, 6.45) is 4.92. The molecule has 0 saturated heterocycles. The molecule has 4 heteroatoms. The Morgan fingerprint density at radius 3 is 2.46 bits per heavy atom. The molecule has 1 aromatic rings. The van der Waals surface area contributed by atoms with Crippen molar-refractivity contribution in [1.29, 1.82) is 0 Å². The van der Waals surface area contributed by atoms with Crippen LogP contribution in [0.15, 0.2) is 24.3 Å². The summed E-state index contributed by atoms with van der Waals surface area (Å²) in [4.78, 5) is 11.3. The molecule has 0 aromatic heterocycles. The average molecular weight is 335 g/mol. The third-order valence-electron chi connectivity index (χ3n) is 5.08. The summed E-state index contributed by atoms with van der Waals surface area (Å²) in [6.45, 7) is 7.31. The van der Waals surface area contributed by atoms with Crippen molar-refractivity contribution in [3.8, 4) is 0 Å². The van der Waals surface area contributed by atoms with E-state index in [4.69, 9.17) is 4.74 Å². The van der Waals surface area contributed by atoms with E-state index < -0.39 is 0 Å². The molecular formula is C20H30FNO2. The minimum atomic E-state index is -0.187. The van der Waals surface area contributed by atoms with Crippen LogP contribution in [0, 0.1) is 11.7 Å². The predicted octanol–water partition coefficient (Wildman–Crippen LogP) is 4.20. The van der Waals surface area contributed by atoms with Gasteiger partial charge in [0.25, 0.3) is 0 Å². The minimum absolute atomic E-state index is 0.0761. The van der Waals surface area contributed by atoms with Gasteiger partial charge in [-0.2, -0.15) is 0 Å². The van der Waals surface area contributed by atoms with Gasteiger partial charge >= 0.3 is 5.97 Å². The van der Waals surface area contributed by atoms with E-state index in [0.717, 1.165) is 19.3 Å². The molecule has 1 atom stereocenters. The van der Waals surface area contributed by atoms with E-state index in [2.05, 4.69) is 19.2 Å². The second-order valence-corrected chi connectivity index (χ2v) is 7.23. The van der Waals surface area contributed by atoms with Crippen LogP contribution in [0.5, 0.6) is 0 Å². The third kappa shape index (κ3) is 4.56. The zero-order valence-electron chi connectivity index (χ0n) is 15.1. The van der Waals surface area contributed by atoms with Crippen LogP contribution in [-0.2, 0) is 14.9 Å². The largest absolute Gasteiger partial charge is 0.464 e. The molecule has 3 nitrogen and oxygen atoms in total. The lowest BCUT2D eigenvalue weighted by Gasteiger charge is -2.49. The average Bonchev–Trinajstić information content (AvgIpc) is 2.51. The lowest BCUT2D eigenvalue weighted by Crippen LogP contribution is -2.54. The molecule has 1 fully saturated rings. The van der Waals surface area contributed by atoms with Crippen LogP contribution < -0.4 is 5.32 Å². The molecule has 134 valence electrons. The molecule has 1 unspecified atom stereocenters. The number of hydrogen-bond acceptors (Lipinski definition) is 3. The Labute approximate surface area is 145 Å². The van der Waals surface area contributed by atoms with Crippen LogP contribution in [0.1, 0.15) is 58.4 Å². The summed E-state index contributed by atoms with van der Waals surface area (Å²) in [5.41, 5.74) is 1.30. The molecule has 1 aliphatic carbocycles. The first-order valence-electron chi connectivity index (χ1n) is 9.13. The van der Waals surface area contributed by atoms with Gasteiger partial charge in [-0.05, 0) is 42.9 Å². The van der Waals surface area contributed by atoms with Crippen LogP contribution in [0.25, 0.3) is 0 Å². The number of carbonyl (C=O) groups is 1. The highest BCUT2D eigenvalue weighted by Crippen LogP contribution is 2.48. The van der Waals surface area contributed by atoms with E-state index in [1.54, 1.807) is 19.1 Å². The van der Waals surface area contributed by atoms with Gasteiger partial charge in [-0.1, -0.05) is 39.3 Å². The van der Waals surface area contributed by atoms with Crippen LogP contribution in [0.4, 0.5) is 4.39 Å². The van der Waals surface area contributed by atoms with Gasteiger partial charge in [0.15, 0.2) is 0 Å². The summed E-state index contributed by atoms with van der Waals surface area (Å²) >= 11 is 0. The fraction of sp³-hybridized carbons (Fsp3) is 0.650. The molecule has 0 radical (unpaired) electrons. The smallest absolute Gasteiger partial charge is 0.305 e. The first-order chi connectivity index (χ1) is 11.5. The van der Waals surface area contributed by atoms with Crippen molar-refractivity contribution in [2.75, 3.05) is 13.2 Å². The molecule has 1 aliphatic rings. The van der Waals surface area contributed by atoms with Crippen molar-refractivity contribution >= 4 is 5.97 Å². The van der Waals surface area contributed by atoms with Crippen molar-refractivity contribution in [3.63, 3.8) is 0 Å². The Morgan fingerprint density at radius 2 is 1.96 bits per heavy atom. The quantitative estimate of drug-likeness (QED) is 0.543. The lowest BCUT2D eigenvalue weighted by atomic mass is 9.59. The van der Waals surface area contributed by atoms with Crippen molar-refractivity contribution in [1.82, 2.24) is 5.32 Å². The van der Waals surface area contributed by atoms with E-state index in [9.17, 15) is 9.18 Å². The number of esters is 1. The zero-order valence-corrected chi connectivity index (χ0v) is 15.1. The molecule has 0 spiro atoms. The Hall–Kier alpha value is -1.42. The Morgan fingerprint density at radius 1 is 1.29 bits per heavy atom. The normalized spacial score (nSPS) is 17.4. The predicted molar refractivity (Wildman–Crippen MR) is 94.4 cm³/mol. The van der Waals surface area contributed by atoms with Crippen LogP contribution >= 0.6 is 0 Å². The molecule has 0 heterocycles. The maximum Gasteiger partial charge on any atom is 0.305 e. The van der Waals surface area contributed by atoms with Crippen LogP contribution in [0.3, 0.4) is 0 Å². The topological polar surface area (TPSA) is 38.3 Å². The highest BCUT2D eigenvalue weighted by Gasteiger charge is 2.45. The minimum Gasteiger partial charge on any atom is -0.464 e. The molecule has 1 aromatic carbocycles. The van der Waals surface area contributed by atoms with E-state index in [0.29, 0.717) is 31.5 Å². The molecule has 0 bridgehead atoms. The highest BCUT2D eigenvalue weighted by molar-refractivity contribution is 5.68. The summed E-state index contributed by atoms with van der Waals surface area (Å²) in [5.74, 6) is 0.223. The number of halogens is 1. The fourth-order valence-electron chi connectivity index (χ4n) is 3.65. The summed E-state index contributed by atoms with van der Waals surface area (Å²) in [7, 11) is 0. The van der Waals surface area contributed by atoms with Gasteiger partial charge in [0, 0.05) is 24.4 Å². The van der Waals surface area contributed by atoms with E-state index >= 15 is 0 Å². The molecule has 2 rings (SSSR count). The number of nitrogens with one attached hydrogen (secondary N) is 1. The monoisotopic (exact) mass is 335 g/mol. The number of carbonyl (C=O) groups excluding carboxylic acids is 1. The zero-order chi connectivity index (χ0) is 17.6. The first-order valence-corrected chi connectivity index (χ1v) is 9.13. The SMILES string of the molecule is CCC(=O)OCCNC(CC(C)C)C1(c2ccc(F)cc2)CCC1. The second kappa shape index (κ2) is 8.61. The molecule has 24 heavy (non-hydrogen) atoms. The van der Waals surface area contributed by atoms with E-state index in [-0.39, 0.29) is 17.2 Å². The first kappa shape index (κ1) is 18.9. The molecular weight excluding hydrogens is 305 g/mol. The maximum absolute atomic E-state index is 13.3. The highest BCUT2D eigenvalue weighted by atomic mass is 19.1. The van der Waals surface area contributed by atoms with Crippen molar-refractivity contribution in [2.24, 2.45) is 5.92 Å². The number of ether oxygens (including phenoxy) is 1. The standard InChI is InChI=1S/C20H30FNO2/c1-4-19(23)24-13-12-22-18(14-15(2)3)20(10-5-11-20)16-6-8-17(21)9-7-16/h6-9,15,18,22H,4-5,10-14H2,1-3H3. The number of hydrogen-bond donors (Lipinski definition) is 1. The fourth-order valence-corrected chi connectivity index (χ4v) is 3.65. The molecule has 0 amide bonds. The maximum atomic E-state index is 13.3. The van der Waals surface area contributed by atoms with Gasteiger partial charge in [-0.15, -0.1) is 0 Å². The third-order valence-corrected chi connectivity index (χ3v) is 5.08. The van der Waals surface area contributed by atoms with Crippen molar-refractivity contribution in [2.45, 2.75) is 64.3 Å². The lowest BCUT2D eigenvalue weighted by molar-refractivity contribution is -0.143. The Kier molecular flexibility index (Phi) is 6.79. The van der Waals surface area contributed by atoms with Gasteiger partial charge in [0.1, 0.15) is 12.4 Å². The van der Waals surface area contributed by atoms with Gasteiger partial charge in [0.05, 0.1) is 0 Å². The second-order valence-electron chi connectivity index (χ2n) is 7.23. The Balaban J connectivity index is 2.06. The summed E-state index contributed by atoms with van der Waals surface area (Å²) < 4.78 is 18.5. The van der Waals surface area contributed by atoms with Crippen molar-refractivity contribution in [3.05, 3.63) is 35.6 Å². The van der Waals surface area contributed by atoms with Crippen LogP contribution in [0.2, 0.25) is 0 Å². The molecule has 1 N–H and O–H groups in total. The molecule has 0 aliphatic heterocycles. The van der Waals surface area contributed by atoms with Crippen LogP contribution in [-0.4, -0.2) is 25.2 Å². The Bertz CT molecular complexity index is 523. The summed E-state index contributed by atoms with van der Waals surface area (Å²) in [6, 6.07) is 7.30. The van der Waals surface area contributed by atoms with E-state index in [1.807, 2.05) is 12.1 Å². The van der Waals surface area contributed by atoms with Gasteiger partial charge in [-0.25, -0.2) is 4.39 Å². The van der Waals surface area contributed by atoms with Gasteiger partial charge in [-0.3, -0.25) is 4.79 Å². The molecule has 1 saturated carbocycles. The summed E-state index contributed by atoms with van der Waals surface area (Å²) in [5, 5.41) is 3.62. The van der Waals surface area contributed by atoms with Gasteiger partial charge in [0.2, 0.25) is 0 Å².